The van der Waals surface area contributed by atoms with Crippen LogP contribution in [0.1, 0.15) is 184 Å². The molecule has 1 aromatic rings. The van der Waals surface area contributed by atoms with Crippen molar-refractivity contribution in [2.75, 3.05) is 20.8 Å². The molecule has 1 aromatic carbocycles. The number of hydrogen-bond acceptors (Lipinski definition) is 15. The molecule has 86 heavy (non-hydrogen) atoms. The molecule has 484 valence electrons. The van der Waals surface area contributed by atoms with E-state index in [4.69, 9.17) is 41.1 Å². The first kappa shape index (κ1) is 82.1. The number of carboxylic acids is 3. The Morgan fingerprint density at radius 1 is 0.640 bits per heavy atom. The largest absolute Gasteiger partial charge is 1.00 e. The van der Waals surface area contributed by atoms with Crippen LogP contribution in [0.25, 0.3) is 0 Å². The van der Waals surface area contributed by atoms with Gasteiger partial charge in [-0.05, 0) is 227 Å². The summed E-state index contributed by atoms with van der Waals surface area (Å²) in [5, 5.41) is 54.3. The molecular formula is C63H106NNa2O18PS. The van der Waals surface area contributed by atoms with Gasteiger partial charge in [0.05, 0.1) is 34.7 Å². The molecule has 2 aliphatic heterocycles. The van der Waals surface area contributed by atoms with Gasteiger partial charge in [-0.3, -0.25) is 33.3 Å². The Hall–Kier alpha value is -1.88. The van der Waals surface area contributed by atoms with E-state index in [-0.39, 0.29) is 121 Å². The predicted molar refractivity (Wildman–Crippen MR) is 322 cm³/mol. The number of nitrogens with two attached hydrogens (primary N) is 1. The monoisotopic (exact) mass is 1270 g/mol. The molecule has 0 radical (unpaired) electrons. The summed E-state index contributed by atoms with van der Waals surface area (Å²) < 4.78 is 40.7. The third-order valence-corrected chi connectivity index (χ3v) is 19.9. The minimum atomic E-state index is -4.02. The van der Waals surface area contributed by atoms with E-state index >= 15 is 0 Å². The first-order valence-electron chi connectivity index (χ1n) is 31.0. The fourth-order valence-corrected chi connectivity index (χ4v) is 16.6. The van der Waals surface area contributed by atoms with Gasteiger partial charge < -0.3 is 47.6 Å². The molecular weight excluding hydrogens is 1170 g/mol. The number of aliphatic hydroxyl groups excluding tert-OH is 2. The Kier molecular flexibility index (Phi) is 41.1. The second-order valence-electron chi connectivity index (χ2n) is 25.0. The second-order valence-corrected chi connectivity index (χ2v) is 26.4. The Morgan fingerprint density at radius 2 is 1.02 bits per heavy atom. The quantitative estimate of drug-likeness (QED) is 0.0309. The fraction of sp³-hybridized carbons (Fsp3) is 0.778. The molecule has 14 aliphatic rings. The first-order chi connectivity index (χ1) is 40.2. The van der Waals surface area contributed by atoms with Crippen LogP contribution in [0, 0.1) is 102 Å². The summed E-state index contributed by atoms with van der Waals surface area (Å²) in [6.07, 6.45) is 32.4. The molecule has 0 spiro atoms. The van der Waals surface area contributed by atoms with Gasteiger partial charge in [0.25, 0.3) is 10.1 Å². The number of hydrogen-bond donors (Lipinski definition) is 7. The SMILES string of the molecule is C.CN.CO.CP.Cc1ccc(S(=O)(=O)O)cc1.O=C(O)C1CC2CC(O)CC(C2)C1.O=C(O)C1CC2CCCC(C2)C1.O=C(O)[C@H]1CC2C=CCC(C2)C1.O=C1C2CC3CC(C2)CC1C3.O=C1OC2CC3CC(C2)CC1C3.O=COO[O-].[2H]C.[H-].[Na+].[Na+]. The maximum atomic E-state index is 11.6. The molecule has 0 amide bonds. The minimum absolute atomic E-state index is 0. The average molecular weight is 1280 g/mol. The Labute approximate surface area is 562 Å². The molecule has 19 nitrogen and oxygen atoms in total. The molecule has 23 heteroatoms. The zero-order valence-electron chi connectivity index (χ0n) is 53.8. The molecule has 9 unspecified atom stereocenters. The maximum Gasteiger partial charge on any atom is 1.00 e. The van der Waals surface area contributed by atoms with E-state index in [1.54, 1.807) is 12.1 Å². The zero-order valence-corrected chi connectivity index (χ0v) is 57.7. The average Bonchev–Trinajstić information content (AvgIpc) is 1.02. The molecule has 10 atom stereocenters. The van der Waals surface area contributed by atoms with Gasteiger partial charge in [-0.2, -0.15) is 8.42 Å². The van der Waals surface area contributed by atoms with Crippen LogP contribution in [0.15, 0.2) is 41.3 Å². The standard InChI is InChI=1S/C10H16O3.C10H14O2.C10H16O2.C10H14O2.C10H14O.C7H8O3S.CH5N.CH2O4.CH4O.CH5P.2CH4.2Na.H/c11-9-4-6-1-7(5-9)3-8(2-6)10(12)13;11-10-8-2-6-1-7(3-8)5-9(4-6)12-10;2*11-10(12)9-5-7-2-1-3-8(4-7)6-9;11-10-8-2-6-1-7(4-8)5-9(10)3-6;1-6-2-4-7(5-3-6)11(8,9)10;1-2;2-1-4-5-3;2*1-2;;;;;/h6-9,11H,1-5H2,(H,12,13);6-9H,1-5H2;7-9H,1-6H2,(H,11,12);1-2,7-9H,3-6H2,(H,11,12);6-9H,1-5H2;2-5H,1H3,(H,8,9,10);2H2,1H3;1,3H;2H,1H3;2H2,1H3;2*1H4;;;/q;;;;;;;;;;;;2*+1;-1/p-1/t;;;7?,8?,9-;;;;;;;;;;;/m...0.........../s1/i;;;;;;;;;;1D;;;;. The maximum absolute atomic E-state index is 11.6. The summed E-state index contributed by atoms with van der Waals surface area (Å²) in [7, 11) is 2.15. The smallest absolute Gasteiger partial charge is 1.00 e. The predicted octanol–water partition coefficient (Wildman–Crippen LogP) is 4.03. The minimum Gasteiger partial charge on any atom is -1.00 e. The van der Waals surface area contributed by atoms with Crippen molar-refractivity contribution in [1.29, 1.82) is 0 Å². The van der Waals surface area contributed by atoms with Crippen molar-refractivity contribution in [3.05, 3.63) is 42.0 Å². The number of carboxylic acid groups (broad SMARTS) is 3. The molecule has 11 saturated carbocycles. The van der Waals surface area contributed by atoms with Crippen molar-refractivity contribution < 1.29 is 149 Å². The number of fused-ring (bicyclic) bond motifs is 7. The van der Waals surface area contributed by atoms with Gasteiger partial charge >= 0.3 is 89.5 Å². The van der Waals surface area contributed by atoms with Crippen molar-refractivity contribution in [1.82, 2.24) is 0 Å². The van der Waals surface area contributed by atoms with Crippen LogP contribution in [0.4, 0.5) is 0 Å². The molecule has 12 aliphatic carbocycles. The van der Waals surface area contributed by atoms with Crippen LogP contribution in [-0.2, 0) is 53.5 Å². The summed E-state index contributed by atoms with van der Waals surface area (Å²) in [6.45, 7) is 3.65. The summed E-state index contributed by atoms with van der Waals surface area (Å²) >= 11 is 0. The van der Waals surface area contributed by atoms with Crippen molar-refractivity contribution >= 4 is 55.5 Å². The van der Waals surface area contributed by atoms with Gasteiger partial charge in [-0.15, -0.1) is 9.24 Å². The number of allylic oxidation sites excluding steroid dienone is 2. The summed E-state index contributed by atoms with van der Waals surface area (Å²) in [4.78, 5) is 67.3. The van der Waals surface area contributed by atoms with Crippen LogP contribution < -0.4 is 70.1 Å². The number of carbonyl (C=O) groups is 6. The van der Waals surface area contributed by atoms with E-state index in [0.29, 0.717) is 41.3 Å². The van der Waals surface area contributed by atoms with E-state index in [1.807, 2.05) is 13.6 Å². The molecule has 0 aromatic heterocycles. The van der Waals surface area contributed by atoms with E-state index in [2.05, 4.69) is 37.1 Å². The van der Waals surface area contributed by atoms with Crippen molar-refractivity contribution in [2.24, 2.45) is 100 Å². The zero-order chi connectivity index (χ0) is 62.7. The van der Waals surface area contributed by atoms with Crippen LogP contribution in [0.2, 0.25) is 0 Å². The van der Waals surface area contributed by atoms with E-state index in [1.165, 1.54) is 97.2 Å². The van der Waals surface area contributed by atoms with Crippen LogP contribution >= 0.6 is 9.24 Å². The summed E-state index contributed by atoms with van der Waals surface area (Å²) in [6, 6.07) is 5.99. The van der Waals surface area contributed by atoms with Gasteiger partial charge in [0.2, 0.25) is 0 Å². The number of esters is 1. The summed E-state index contributed by atoms with van der Waals surface area (Å²) in [5.41, 5.74) is 5.46. The van der Waals surface area contributed by atoms with E-state index in [9.17, 15) is 37.5 Å². The van der Waals surface area contributed by atoms with Gasteiger partial charge in [-0.1, -0.05) is 70.6 Å². The van der Waals surface area contributed by atoms with Crippen molar-refractivity contribution in [3.8, 4) is 0 Å². The number of aryl methyl sites for hydroxylation is 1. The number of benzene rings is 1. The molecule has 2 saturated heterocycles. The topological polar surface area (TPSA) is 335 Å². The first-order valence-corrected chi connectivity index (χ1v) is 32.6. The number of rotatable bonds is 6. The molecule has 13 fully saturated rings. The normalized spacial score (nSPS) is 34.0. The van der Waals surface area contributed by atoms with Crippen molar-refractivity contribution in [2.45, 2.75) is 199 Å². The van der Waals surface area contributed by atoms with Crippen LogP contribution in [0.3, 0.4) is 0 Å². The Morgan fingerprint density at radius 3 is 1.42 bits per heavy atom. The van der Waals surface area contributed by atoms with Crippen LogP contribution in [0.5, 0.6) is 0 Å². The summed E-state index contributed by atoms with van der Waals surface area (Å²) in [5.74, 6) is 7.04. The number of ether oxygens (including phenoxy) is 1. The third-order valence-electron chi connectivity index (χ3n) is 19.1. The van der Waals surface area contributed by atoms with Gasteiger partial charge in [0.15, 0.2) is 0 Å². The van der Waals surface area contributed by atoms with Gasteiger partial charge in [0, 0.05) is 20.3 Å². The Balaban J connectivity index is 0. The van der Waals surface area contributed by atoms with Crippen LogP contribution in [-0.4, -0.2) is 108 Å². The van der Waals surface area contributed by atoms with E-state index < -0.39 is 28.0 Å². The van der Waals surface area contributed by atoms with E-state index in [0.717, 1.165) is 138 Å². The molecule has 8 N–H and O–H groups in total. The number of Topliss-reactive ketones (excluding diaryl/α,β-unsaturated/α-hetero) is 1. The second kappa shape index (κ2) is 43.0. The number of ketones is 1. The molecule has 14 bridgehead atoms. The number of aliphatic hydroxyl groups is 2. The fourth-order valence-electron chi connectivity index (χ4n) is 16.2. The van der Waals surface area contributed by atoms with Gasteiger partial charge in [-0.25, -0.2) is 5.04 Å². The number of aliphatic carboxylic acids is 3. The van der Waals surface area contributed by atoms with Crippen molar-refractivity contribution in [3.63, 3.8) is 0 Å². The molecule has 15 rings (SSSR count). The number of carbonyl (C=O) groups excluding carboxylic acids is 3. The van der Waals surface area contributed by atoms with Gasteiger partial charge in [0.1, 0.15) is 11.9 Å². The molecule has 2 heterocycles. The Bertz CT molecular complexity index is 2240. The third kappa shape index (κ3) is 27.5.